The number of rotatable bonds is 3. The molecular formula is C12H11F3N4O. The Bertz CT molecular complexity index is 654. The molecule has 0 aliphatic heterocycles. The van der Waals surface area contributed by atoms with Crippen molar-refractivity contribution in [1.82, 2.24) is 14.4 Å². The Morgan fingerprint density at radius 1 is 1.40 bits per heavy atom. The molecule has 106 valence electrons. The van der Waals surface area contributed by atoms with Crippen LogP contribution in [0.1, 0.15) is 12.1 Å². The lowest BCUT2D eigenvalue weighted by Gasteiger charge is -2.09. The summed E-state index contributed by atoms with van der Waals surface area (Å²) < 4.78 is 38.0. The summed E-state index contributed by atoms with van der Waals surface area (Å²) in [6, 6.07) is 0. The van der Waals surface area contributed by atoms with Crippen LogP contribution in [0.25, 0.3) is 5.65 Å². The van der Waals surface area contributed by atoms with Crippen molar-refractivity contribution < 1.29 is 18.3 Å². The van der Waals surface area contributed by atoms with Crippen molar-refractivity contribution in [3.8, 4) is 11.8 Å². The van der Waals surface area contributed by atoms with Gasteiger partial charge in [-0.15, -0.1) is 0 Å². The maximum atomic E-state index is 12.1. The van der Waals surface area contributed by atoms with Crippen LogP contribution in [0.5, 0.6) is 0 Å². The van der Waals surface area contributed by atoms with E-state index in [-0.39, 0.29) is 19.0 Å². The molecule has 0 unspecified atom stereocenters. The summed E-state index contributed by atoms with van der Waals surface area (Å²) in [6.45, 7) is -0.615. The first-order chi connectivity index (χ1) is 9.49. The van der Waals surface area contributed by atoms with Crippen LogP contribution in [0.2, 0.25) is 0 Å². The van der Waals surface area contributed by atoms with Gasteiger partial charge in [0, 0.05) is 25.1 Å². The first kappa shape index (κ1) is 14.1. The summed E-state index contributed by atoms with van der Waals surface area (Å²) in [7, 11) is 0. The van der Waals surface area contributed by atoms with E-state index in [4.69, 9.17) is 5.11 Å². The van der Waals surface area contributed by atoms with E-state index < -0.39 is 12.6 Å². The molecule has 2 rings (SSSR count). The number of aliphatic hydroxyl groups excluding tert-OH is 1. The Morgan fingerprint density at radius 2 is 2.20 bits per heavy atom. The van der Waals surface area contributed by atoms with E-state index in [2.05, 4.69) is 27.1 Å². The number of imidazole rings is 1. The van der Waals surface area contributed by atoms with Crippen LogP contribution >= 0.6 is 0 Å². The smallest absolute Gasteiger partial charge is 0.384 e. The lowest BCUT2D eigenvalue weighted by Crippen LogP contribution is -2.16. The lowest BCUT2D eigenvalue weighted by molar-refractivity contribution is -0.131. The number of hydrogen-bond donors (Lipinski definition) is 2. The Hall–Kier alpha value is -2.27. The average molecular weight is 284 g/mol. The number of alkyl halides is 3. The molecule has 2 heterocycles. The minimum absolute atomic E-state index is 0.226. The lowest BCUT2D eigenvalue weighted by atomic mass is 10.4. The minimum atomic E-state index is -4.23. The fraction of sp³-hybridized carbons (Fsp3) is 0.333. The number of nitrogens with one attached hydrogen (secondary N) is 1. The van der Waals surface area contributed by atoms with Gasteiger partial charge in [0.2, 0.25) is 0 Å². The highest BCUT2D eigenvalue weighted by Crippen LogP contribution is 2.20. The molecule has 2 aromatic rings. The van der Waals surface area contributed by atoms with E-state index in [0.29, 0.717) is 11.3 Å². The number of hydrogen-bond acceptors (Lipinski definition) is 4. The third kappa shape index (κ3) is 3.61. The van der Waals surface area contributed by atoms with E-state index in [1.165, 1.54) is 6.20 Å². The predicted octanol–water partition coefficient (Wildman–Crippen LogP) is 1.44. The summed E-state index contributed by atoms with van der Waals surface area (Å²) in [6.07, 6.45) is -0.466. The van der Waals surface area contributed by atoms with Gasteiger partial charge < -0.3 is 14.8 Å². The van der Waals surface area contributed by atoms with E-state index in [0.717, 1.165) is 0 Å². The second kappa shape index (κ2) is 5.79. The van der Waals surface area contributed by atoms with Crippen LogP contribution in [-0.4, -0.2) is 38.8 Å². The fourth-order valence-corrected chi connectivity index (χ4v) is 1.56. The number of aliphatic hydroxyl groups is 1. The molecule has 20 heavy (non-hydrogen) atoms. The molecule has 0 atom stereocenters. The van der Waals surface area contributed by atoms with Gasteiger partial charge in [-0.3, -0.25) is 0 Å². The molecule has 0 saturated carbocycles. The normalized spacial score (nSPS) is 11.2. The van der Waals surface area contributed by atoms with Crippen molar-refractivity contribution >= 4 is 11.5 Å². The highest BCUT2D eigenvalue weighted by Gasteiger charge is 2.26. The first-order valence-electron chi connectivity index (χ1n) is 5.73. The Labute approximate surface area is 112 Å². The van der Waals surface area contributed by atoms with Crippen molar-refractivity contribution in [3.05, 3.63) is 24.3 Å². The molecule has 0 aliphatic carbocycles. The summed E-state index contributed by atoms with van der Waals surface area (Å²) in [5.74, 6) is 5.26. The van der Waals surface area contributed by atoms with Gasteiger partial charge in [-0.2, -0.15) is 13.2 Å². The minimum Gasteiger partial charge on any atom is -0.384 e. The van der Waals surface area contributed by atoms with Crippen LogP contribution in [-0.2, 0) is 0 Å². The molecule has 0 spiro atoms. The average Bonchev–Trinajstić information content (AvgIpc) is 2.83. The van der Waals surface area contributed by atoms with E-state index in [9.17, 15) is 13.2 Å². The van der Waals surface area contributed by atoms with Crippen molar-refractivity contribution in [1.29, 1.82) is 0 Å². The number of anilines is 1. The van der Waals surface area contributed by atoms with Gasteiger partial charge >= 0.3 is 6.18 Å². The molecular weight excluding hydrogens is 273 g/mol. The molecule has 2 N–H and O–H groups in total. The monoisotopic (exact) mass is 284 g/mol. The Morgan fingerprint density at radius 3 is 2.90 bits per heavy atom. The number of halogens is 3. The summed E-state index contributed by atoms with van der Waals surface area (Å²) in [5, 5.41) is 11.2. The molecule has 2 aromatic heterocycles. The molecule has 0 aliphatic rings. The maximum Gasteiger partial charge on any atom is 0.390 e. The van der Waals surface area contributed by atoms with Crippen molar-refractivity contribution in [2.24, 2.45) is 0 Å². The summed E-state index contributed by atoms with van der Waals surface area (Å²) in [5.41, 5.74) is 0.751. The topological polar surface area (TPSA) is 62.5 Å². The second-order valence-electron chi connectivity index (χ2n) is 3.88. The van der Waals surface area contributed by atoms with E-state index in [1.54, 1.807) is 16.8 Å². The molecule has 5 nitrogen and oxygen atoms in total. The van der Waals surface area contributed by atoms with Crippen molar-refractivity contribution in [2.75, 3.05) is 18.5 Å². The van der Waals surface area contributed by atoms with Crippen molar-refractivity contribution in [2.45, 2.75) is 12.6 Å². The van der Waals surface area contributed by atoms with Gasteiger partial charge in [-0.1, -0.05) is 5.92 Å². The largest absolute Gasteiger partial charge is 0.390 e. The Kier molecular flexibility index (Phi) is 4.10. The first-order valence-corrected chi connectivity index (χ1v) is 5.73. The van der Waals surface area contributed by atoms with Crippen LogP contribution in [0, 0.1) is 11.8 Å². The van der Waals surface area contributed by atoms with E-state index >= 15 is 0 Å². The number of aromatic nitrogens is 3. The molecule has 0 fully saturated rings. The zero-order chi connectivity index (χ0) is 14.6. The van der Waals surface area contributed by atoms with Crippen molar-refractivity contribution in [3.63, 3.8) is 0 Å². The van der Waals surface area contributed by atoms with Gasteiger partial charge in [0.15, 0.2) is 11.5 Å². The van der Waals surface area contributed by atoms with Gasteiger partial charge in [-0.25, -0.2) is 9.97 Å². The second-order valence-corrected chi connectivity index (χ2v) is 3.88. The van der Waals surface area contributed by atoms with E-state index in [1.807, 2.05) is 0 Å². The zero-order valence-corrected chi connectivity index (χ0v) is 10.3. The maximum absolute atomic E-state index is 12.1. The SMILES string of the molecule is OCC#Cc1cn2ccnc2c(NCCC(F)(F)F)n1. The number of nitrogens with zero attached hydrogens (tertiary/aromatic N) is 3. The molecule has 0 saturated heterocycles. The number of fused-ring (bicyclic) bond motifs is 1. The quantitative estimate of drug-likeness (QED) is 0.837. The third-order valence-electron chi connectivity index (χ3n) is 2.37. The highest BCUT2D eigenvalue weighted by molar-refractivity contribution is 5.63. The van der Waals surface area contributed by atoms with Crippen LogP contribution < -0.4 is 5.32 Å². The molecule has 0 bridgehead atoms. The Balaban J connectivity index is 2.23. The van der Waals surface area contributed by atoms with Gasteiger partial charge in [0.25, 0.3) is 0 Å². The molecule has 0 aromatic carbocycles. The van der Waals surface area contributed by atoms with Gasteiger partial charge in [0.1, 0.15) is 12.3 Å². The highest BCUT2D eigenvalue weighted by atomic mass is 19.4. The molecule has 8 heteroatoms. The van der Waals surface area contributed by atoms with Crippen LogP contribution in [0.4, 0.5) is 19.0 Å². The predicted molar refractivity (Wildman–Crippen MR) is 66.1 cm³/mol. The summed E-state index contributed by atoms with van der Waals surface area (Å²) in [4.78, 5) is 8.10. The fourth-order valence-electron chi connectivity index (χ4n) is 1.56. The zero-order valence-electron chi connectivity index (χ0n) is 10.3. The van der Waals surface area contributed by atoms with Gasteiger partial charge in [-0.05, 0) is 5.92 Å². The van der Waals surface area contributed by atoms with Crippen LogP contribution in [0.15, 0.2) is 18.6 Å². The molecule has 0 radical (unpaired) electrons. The summed E-state index contributed by atoms with van der Waals surface area (Å²) >= 11 is 0. The van der Waals surface area contributed by atoms with Gasteiger partial charge in [0.05, 0.1) is 6.42 Å². The standard InChI is InChI=1S/C12H11F3N4O/c13-12(14,15)3-4-16-10-11-17-5-6-19(11)8-9(18-10)2-1-7-20/h5-6,8,20H,3-4,7H2,(H,16,18). The molecule has 0 amide bonds. The van der Waals surface area contributed by atoms with Crippen LogP contribution in [0.3, 0.4) is 0 Å². The third-order valence-corrected chi connectivity index (χ3v) is 2.37.